The van der Waals surface area contributed by atoms with Gasteiger partial charge in [0, 0.05) is 24.5 Å². The first-order valence-corrected chi connectivity index (χ1v) is 5.97. The second-order valence-electron chi connectivity index (χ2n) is 4.52. The first kappa shape index (κ1) is 13.1. The number of aromatic nitrogens is 2. The van der Waals surface area contributed by atoms with E-state index in [0.29, 0.717) is 5.69 Å². The number of rotatable bonds is 3. The Balaban J connectivity index is 2.22. The predicted octanol–water partition coefficient (Wildman–Crippen LogP) is 2.91. The largest absolute Gasteiger partial charge is 0.378 e. The normalized spacial score (nSPS) is 11.9. The number of aryl methyl sites for hydroxylation is 2. The van der Waals surface area contributed by atoms with Gasteiger partial charge in [-0.2, -0.15) is 10.4 Å². The van der Waals surface area contributed by atoms with Crippen LogP contribution in [-0.4, -0.2) is 9.78 Å². The Labute approximate surface area is 111 Å². The van der Waals surface area contributed by atoms with Gasteiger partial charge in [0.1, 0.15) is 11.9 Å². The molecule has 0 spiro atoms. The van der Waals surface area contributed by atoms with E-state index in [1.54, 1.807) is 10.7 Å². The number of hydrogen-bond acceptors (Lipinski definition) is 3. The molecule has 2 aromatic rings. The van der Waals surface area contributed by atoms with Gasteiger partial charge in [0.25, 0.3) is 0 Å². The Bertz CT molecular complexity index is 639. The highest BCUT2D eigenvalue weighted by Crippen LogP contribution is 2.22. The molecular formula is C14H15FN4. The topological polar surface area (TPSA) is 53.6 Å². The second-order valence-corrected chi connectivity index (χ2v) is 4.52. The average molecular weight is 258 g/mol. The van der Waals surface area contributed by atoms with Gasteiger partial charge < -0.3 is 5.32 Å². The van der Waals surface area contributed by atoms with Crippen LogP contribution < -0.4 is 5.32 Å². The molecule has 1 aromatic heterocycles. The molecule has 0 saturated heterocycles. The smallest absolute Gasteiger partial charge is 0.141 e. The van der Waals surface area contributed by atoms with Crippen LogP contribution in [0.4, 0.5) is 10.1 Å². The average Bonchev–Trinajstić information content (AvgIpc) is 2.71. The summed E-state index contributed by atoms with van der Waals surface area (Å²) in [6, 6.07) is 6.30. The second kappa shape index (κ2) is 5.11. The number of nitrogens with one attached hydrogen (secondary N) is 1. The minimum absolute atomic E-state index is 0.0331. The number of halogens is 1. The molecule has 4 nitrogen and oxygen atoms in total. The molecule has 1 unspecified atom stereocenters. The lowest BCUT2D eigenvalue weighted by molar-refractivity contribution is 0.624. The van der Waals surface area contributed by atoms with E-state index in [2.05, 4.69) is 10.4 Å². The van der Waals surface area contributed by atoms with E-state index in [1.165, 1.54) is 12.1 Å². The van der Waals surface area contributed by atoms with E-state index in [-0.39, 0.29) is 11.6 Å². The van der Waals surface area contributed by atoms with E-state index in [1.807, 2.05) is 33.2 Å². The summed E-state index contributed by atoms with van der Waals surface area (Å²) in [5.74, 6) is -0.502. The fourth-order valence-electron chi connectivity index (χ4n) is 2.07. The summed E-state index contributed by atoms with van der Waals surface area (Å²) in [6.45, 7) is 3.94. The van der Waals surface area contributed by atoms with Crippen molar-refractivity contribution < 1.29 is 4.39 Å². The number of nitriles is 1. The first-order chi connectivity index (χ1) is 9.01. The van der Waals surface area contributed by atoms with Gasteiger partial charge in [-0.15, -0.1) is 0 Å². The SMILES string of the molecule is Cc1nn(C)cc1C(C)Nc1ccc(F)c(C#N)c1. The van der Waals surface area contributed by atoms with Crippen LogP contribution in [0.15, 0.2) is 24.4 Å². The first-order valence-electron chi connectivity index (χ1n) is 5.97. The van der Waals surface area contributed by atoms with Crippen LogP contribution in [-0.2, 0) is 7.05 Å². The van der Waals surface area contributed by atoms with Gasteiger partial charge in [-0.25, -0.2) is 4.39 Å². The van der Waals surface area contributed by atoms with Gasteiger partial charge in [-0.3, -0.25) is 4.68 Å². The van der Waals surface area contributed by atoms with E-state index in [4.69, 9.17) is 5.26 Å². The Kier molecular flexibility index (Phi) is 3.52. The van der Waals surface area contributed by atoms with Crippen molar-refractivity contribution in [2.75, 3.05) is 5.32 Å². The van der Waals surface area contributed by atoms with Gasteiger partial charge in [0.15, 0.2) is 0 Å². The van der Waals surface area contributed by atoms with Gasteiger partial charge >= 0.3 is 0 Å². The van der Waals surface area contributed by atoms with Crippen LogP contribution in [0.3, 0.4) is 0 Å². The molecule has 0 aliphatic carbocycles. The zero-order valence-corrected chi connectivity index (χ0v) is 11.1. The van der Waals surface area contributed by atoms with Crippen molar-refractivity contribution in [3.63, 3.8) is 0 Å². The molecule has 5 heteroatoms. The number of hydrogen-bond donors (Lipinski definition) is 1. The van der Waals surface area contributed by atoms with Gasteiger partial charge in [-0.1, -0.05) is 0 Å². The van der Waals surface area contributed by atoms with Crippen LogP contribution >= 0.6 is 0 Å². The minimum Gasteiger partial charge on any atom is -0.378 e. The minimum atomic E-state index is -0.502. The lowest BCUT2D eigenvalue weighted by Gasteiger charge is -2.15. The Morgan fingerprint density at radius 2 is 2.21 bits per heavy atom. The summed E-state index contributed by atoms with van der Waals surface area (Å²) < 4.78 is 15.0. The molecule has 0 amide bonds. The maximum atomic E-state index is 13.2. The summed E-state index contributed by atoms with van der Waals surface area (Å²) in [6.07, 6.45) is 1.95. The lowest BCUT2D eigenvalue weighted by Crippen LogP contribution is -2.07. The summed E-state index contributed by atoms with van der Waals surface area (Å²) in [5.41, 5.74) is 2.78. The van der Waals surface area contributed by atoms with Crippen molar-refractivity contribution in [3.05, 3.63) is 47.0 Å². The maximum absolute atomic E-state index is 13.2. The molecule has 0 fully saturated rings. The highest BCUT2D eigenvalue weighted by atomic mass is 19.1. The van der Waals surface area contributed by atoms with Crippen molar-refractivity contribution in [1.29, 1.82) is 5.26 Å². The molecule has 98 valence electrons. The molecule has 0 saturated carbocycles. The highest BCUT2D eigenvalue weighted by molar-refractivity contribution is 5.51. The van der Waals surface area contributed by atoms with Crippen molar-refractivity contribution in [2.24, 2.45) is 7.05 Å². The molecule has 2 rings (SSSR count). The van der Waals surface area contributed by atoms with Crippen molar-refractivity contribution in [3.8, 4) is 6.07 Å². The van der Waals surface area contributed by atoms with Crippen LogP contribution in [0.5, 0.6) is 0 Å². The van der Waals surface area contributed by atoms with Gasteiger partial charge in [-0.05, 0) is 32.0 Å². The molecular weight excluding hydrogens is 243 g/mol. The van der Waals surface area contributed by atoms with Gasteiger partial charge in [0.2, 0.25) is 0 Å². The Morgan fingerprint density at radius 3 is 2.79 bits per heavy atom. The Hall–Kier alpha value is -2.35. The molecule has 19 heavy (non-hydrogen) atoms. The molecule has 0 bridgehead atoms. The third-order valence-corrected chi connectivity index (χ3v) is 2.99. The summed E-state index contributed by atoms with van der Waals surface area (Å²) in [5, 5.41) is 16.3. The van der Waals surface area contributed by atoms with Crippen LogP contribution in [0.25, 0.3) is 0 Å². The van der Waals surface area contributed by atoms with Gasteiger partial charge in [0.05, 0.1) is 17.3 Å². The number of nitrogens with zero attached hydrogens (tertiary/aromatic N) is 3. The van der Waals surface area contributed by atoms with E-state index < -0.39 is 5.82 Å². The summed E-state index contributed by atoms with van der Waals surface area (Å²) in [4.78, 5) is 0. The van der Waals surface area contributed by atoms with Crippen LogP contribution in [0, 0.1) is 24.1 Å². The highest BCUT2D eigenvalue weighted by Gasteiger charge is 2.12. The molecule has 1 aromatic carbocycles. The fourth-order valence-corrected chi connectivity index (χ4v) is 2.07. The van der Waals surface area contributed by atoms with E-state index in [0.717, 1.165) is 11.3 Å². The monoisotopic (exact) mass is 258 g/mol. The fraction of sp³-hybridized carbons (Fsp3) is 0.286. The summed E-state index contributed by atoms with van der Waals surface area (Å²) in [7, 11) is 1.87. The zero-order chi connectivity index (χ0) is 14.0. The maximum Gasteiger partial charge on any atom is 0.141 e. The standard InChI is InChI=1S/C14H15FN4/c1-9(13-8-19(3)18-10(13)2)17-12-4-5-14(15)11(6-12)7-16/h4-6,8-9,17H,1-3H3. The molecule has 1 heterocycles. The number of benzene rings is 1. The molecule has 1 atom stereocenters. The third-order valence-electron chi connectivity index (χ3n) is 2.99. The molecule has 0 radical (unpaired) electrons. The quantitative estimate of drug-likeness (QED) is 0.921. The zero-order valence-electron chi connectivity index (χ0n) is 11.1. The van der Waals surface area contributed by atoms with Crippen molar-refractivity contribution in [2.45, 2.75) is 19.9 Å². The third kappa shape index (κ3) is 2.74. The lowest BCUT2D eigenvalue weighted by atomic mass is 10.1. The molecule has 0 aliphatic rings. The van der Waals surface area contributed by atoms with Crippen LogP contribution in [0.1, 0.15) is 29.8 Å². The molecule has 1 N–H and O–H groups in total. The van der Waals surface area contributed by atoms with E-state index in [9.17, 15) is 4.39 Å². The van der Waals surface area contributed by atoms with Crippen molar-refractivity contribution in [1.82, 2.24) is 9.78 Å². The summed E-state index contributed by atoms with van der Waals surface area (Å²) >= 11 is 0. The number of anilines is 1. The van der Waals surface area contributed by atoms with E-state index >= 15 is 0 Å². The van der Waals surface area contributed by atoms with Crippen LogP contribution in [0.2, 0.25) is 0 Å². The predicted molar refractivity (Wildman–Crippen MR) is 71.1 cm³/mol. The Morgan fingerprint density at radius 1 is 1.47 bits per heavy atom. The molecule has 0 aliphatic heterocycles. The van der Waals surface area contributed by atoms with Crippen molar-refractivity contribution >= 4 is 5.69 Å².